The molecular weight excluding hydrogens is 404 g/mol. The summed E-state index contributed by atoms with van der Waals surface area (Å²) in [5.74, 6) is 2.11. The third-order valence-corrected chi connectivity index (χ3v) is 11.5. The number of allylic oxidation sites excluding steroid dienone is 1. The summed E-state index contributed by atoms with van der Waals surface area (Å²) < 4.78 is 13.2. The van der Waals surface area contributed by atoms with Gasteiger partial charge in [0, 0.05) is 24.2 Å². The van der Waals surface area contributed by atoms with E-state index in [-0.39, 0.29) is 23.7 Å². The Morgan fingerprint density at radius 1 is 1.03 bits per heavy atom. The number of aliphatic hydroxyl groups is 3. The molecule has 0 radical (unpaired) electrons. The maximum Gasteiger partial charge on any atom is 0.171 e. The quantitative estimate of drug-likeness (QED) is 0.493. The summed E-state index contributed by atoms with van der Waals surface area (Å²) in [4.78, 5) is 0. The third-order valence-electron chi connectivity index (χ3n) is 11.5. The number of aliphatic hydroxyl groups excluding tert-OH is 2. The molecule has 2 saturated heterocycles. The summed E-state index contributed by atoms with van der Waals surface area (Å²) in [5.41, 5.74) is 0.164. The summed E-state index contributed by atoms with van der Waals surface area (Å²) in [5, 5.41) is 32.4. The Bertz CT molecular complexity index is 817. The van der Waals surface area contributed by atoms with Crippen molar-refractivity contribution in [2.24, 2.45) is 40.4 Å². The first-order chi connectivity index (χ1) is 15.0. The molecule has 1 spiro atoms. The first kappa shape index (κ1) is 22.0. The van der Waals surface area contributed by atoms with Gasteiger partial charge in [-0.3, -0.25) is 0 Å². The Morgan fingerprint density at radius 2 is 1.78 bits per heavy atom. The van der Waals surface area contributed by atoms with Crippen LogP contribution in [0.2, 0.25) is 0 Å². The van der Waals surface area contributed by atoms with Gasteiger partial charge in [0.2, 0.25) is 0 Å². The maximum absolute atomic E-state index is 11.6. The van der Waals surface area contributed by atoms with E-state index < -0.39 is 23.2 Å². The number of hydrogen-bond acceptors (Lipinski definition) is 5. The predicted octanol–water partition coefficient (Wildman–Crippen LogP) is 3.80. The lowest BCUT2D eigenvalue weighted by Gasteiger charge is -2.61. The maximum atomic E-state index is 11.6. The Balaban J connectivity index is 1.32. The van der Waals surface area contributed by atoms with E-state index in [9.17, 15) is 15.3 Å². The molecule has 0 unspecified atom stereocenters. The van der Waals surface area contributed by atoms with Crippen molar-refractivity contribution in [3.63, 3.8) is 0 Å². The topological polar surface area (TPSA) is 79.2 Å². The van der Waals surface area contributed by atoms with E-state index in [1.807, 2.05) is 0 Å². The minimum atomic E-state index is -0.920. The highest BCUT2D eigenvalue weighted by Gasteiger charge is 2.69. The van der Waals surface area contributed by atoms with Crippen molar-refractivity contribution in [3.8, 4) is 0 Å². The van der Waals surface area contributed by atoms with Crippen LogP contribution in [0.3, 0.4) is 0 Å². The van der Waals surface area contributed by atoms with Gasteiger partial charge in [0.1, 0.15) is 0 Å². The molecule has 32 heavy (non-hydrogen) atoms. The fraction of sp³-hybridized carbons (Fsp3) is 0.926. The first-order valence-electron chi connectivity index (χ1n) is 13.1. The predicted molar refractivity (Wildman–Crippen MR) is 121 cm³/mol. The Morgan fingerprint density at radius 3 is 2.50 bits per heavy atom. The molecule has 6 aliphatic rings. The summed E-state index contributed by atoms with van der Waals surface area (Å²) in [6.07, 6.45) is 7.79. The largest absolute Gasteiger partial charge is 0.390 e. The minimum Gasteiger partial charge on any atom is -0.390 e. The van der Waals surface area contributed by atoms with Crippen LogP contribution >= 0.6 is 0 Å². The van der Waals surface area contributed by atoms with Crippen LogP contribution in [0.5, 0.6) is 0 Å². The van der Waals surface area contributed by atoms with Crippen LogP contribution in [0, 0.1) is 40.4 Å². The molecule has 5 nitrogen and oxygen atoms in total. The van der Waals surface area contributed by atoms with Crippen LogP contribution in [0.1, 0.15) is 79.1 Å². The number of rotatable bonds is 0. The van der Waals surface area contributed by atoms with E-state index in [2.05, 4.69) is 33.8 Å². The lowest BCUT2D eigenvalue weighted by molar-refractivity contribution is -0.272. The van der Waals surface area contributed by atoms with Gasteiger partial charge in [0.25, 0.3) is 0 Å². The Kier molecular flexibility index (Phi) is 4.69. The van der Waals surface area contributed by atoms with Gasteiger partial charge >= 0.3 is 0 Å². The molecule has 0 bridgehead atoms. The second-order valence-electron chi connectivity index (χ2n) is 13.0. The molecule has 0 aromatic carbocycles. The standard InChI is InChI=1S/C27H42O5/c1-15-5-10-27(31-14-15)16(2)23-22(32-27)11-19-17-6-9-26(30)13-21(29)20(28)12-25(26,4)18(17)7-8-24(19,23)3/h7,15-17,19-23,28-30H,5-6,8-14H2,1-4H3/t15-,16+,17-,19+,20-,21-,22+,23+,24+,25-,26-,27-/m1/s1. The van der Waals surface area contributed by atoms with Crippen LogP contribution in [-0.2, 0) is 9.47 Å². The number of hydrogen-bond donors (Lipinski definition) is 3. The smallest absolute Gasteiger partial charge is 0.171 e. The second-order valence-corrected chi connectivity index (χ2v) is 13.0. The van der Waals surface area contributed by atoms with Gasteiger partial charge in [-0.05, 0) is 67.6 Å². The number of ether oxygens (including phenoxy) is 2. The third kappa shape index (κ3) is 2.64. The first-order valence-corrected chi connectivity index (χ1v) is 13.1. The highest BCUT2D eigenvalue weighted by atomic mass is 16.7. The average molecular weight is 447 g/mol. The van der Waals surface area contributed by atoms with Gasteiger partial charge in [-0.15, -0.1) is 0 Å². The average Bonchev–Trinajstić information content (AvgIpc) is 3.17. The normalized spacial score (nSPS) is 61.5. The summed E-state index contributed by atoms with van der Waals surface area (Å²) in [6.45, 7) is 10.1. The fourth-order valence-electron chi connectivity index (χ4n) is 9.54. The molecule has 180 valence electrons. The Labute approximate surface area is 192 Å². The van der Waals surface area contributed by atoms with Gasteiger partial charge in [0.05, 0.1) is 30.5 Å². The van der Waals surface area contributed by atoms with Crippen molar-refractivity contribution in [1.82, 2.24) is 0 Å². The van der Waals surface area contributed by atoms with Gasteiger partial charge in [-0.2, -0.15) is 0 Å². The molecule has 2 aliphatic heterocycles. The van der Waals surface area contributed by atoms with Gasteiger partial charge in [-0.1, -0.05) is 39.3 Å². The van der Waals surface area contributed by atoms with Crippen molar-refractivity contribution >= 4 is 0 Å². The molecule has 2 heterocycles. The minimum absolute atomic E-state index is 0.187. The lowest BCUT2D eigenvalue weighted by atomic mass is 9.46. The van der Waals surface area contributed by atoms with Crippen LogP contribution in [-0.4, -0.2) is 51.6 Å². The van der Waals surface area contributed by atoms with Crippen LogP contribution in [0.25, 0.3) is 0 Å². The van der Waals surface area contributed by atoms with Crippen molar-refractivity contribution in [3.05, 3.63) is 11.6 Å². The molecule has 3 N–H and O–H groups in total. The molecule has 5 fully saturated rings. The van der Waals surface area contributed by atoms with Crippen molar-refractivity contribution in [2.45, 2.75) is 109 Å². The summed E-state index contributed by atoms with van der Waals surface area (Å²) >= 11 is 0. The molecule has 12 atom stereocenters. The molecule has 4 aliphatic carbocycles. The molecule has 6 rings (SSSR count). The monoisotopic (exact) mass is 446 g/mol. The molecule has 0 aromatic rings. The van der Waals surface area contributed by atoms with E-state index in [0.29, 0.717) is 42.4 Å². The van der Waals surface area contributed by atoms with Crippen LogP contribution in [0.15, 0.2) is 11.6 Å². The molecular formula is C27H42O5. The molecule has 5 heteroatoms. The van der Waals surface area contributed by atoms with Crippen molar-refractivity contribution < 1.29 is 24.8 Å². The van der Waals surface area contributed by atoms with E-state index in [1.54, 1.807) is 0 Å². The second kappa shape index (κ2) is 6.81. The lowest BCUT2D eigenvalue weighted by Crippen LogP contribution is -2.62. The zero-order chi connectivity index (χ0) is 22.7. The molecule has 0 amide bonds. The highest BCUT2D eigenvalue weighted by molar-refractivity contribution is 5.34. The van der Waals surface area contributed by atoms with Gasteiger partial charge in [-0.25, -0.2) is 0 Å². The summed E-state index contributed by atoms with van der Waals surface area (Å²) in [6, 6.07) is 0. The van der Waals surface area contributed by atoms with E-state index in [1.165, 1.54) is 12.0 Å². The van der Waals surface area contributed by atoms with Gasteiger partial charge < -0.3 is 24.8 Å². The van der Waals surface area contributed by atoms with Gasteiger partial charge in [0.15, 0.2) is 5.79 Å². The number of fused-ring (bicyclic) bond motifs is 7. The van der Waals surface area contributed by atoms with Crippen LogP contribution in [0.4, 0.5) is 0 Å². The van der Waals surface area contributed by atoms with E-state index in [4.69, 9.17) is 9.47 Å². The van der Waals surface area contributed by atoms with E-state index >= 15 is 0 Å². The SMILES string of the molecule is C[C@@H]1CC[C@@]2(OC1)O[C@H]1C[C@H]3[C@@H]4CC[C@@]5(O)C[C@@H](O)[C@H](O)C[C@]5(C)C4=CC[C@]3(C)[C@H]1[C@@H]2C. The zero-order valence-electron chi connectivity index (χ0n) is 20.2. The van der Waals surface area contributed by atoms with E-state index in [0.717, 1.165) is 32.3 Å². The van der Waals surface area contributed by atoms with Crippen LogP contribution < -0.4 is 0 Å². The Hall–Kier alpha value is -0.460. The van der Waals surface area contributed by atoms with Crippen molar-refractivity contribution in [1.29, 1.82) is 0 Å². The fourth-order valence-corrected chi connectivity index (χ4v) is 9.54. The molecule has 3 saturated carbocycles. The molecule has 0 aromatic heterocycles. The summed E-state index contributed by atoms with van der Waals surface area (Å²) in [7, 11) is 0. The zero-order valence-corrected chi connectivity index (χ0v) is 20.2. The van der Waals surface area contributed by atoms with Crippen molar-refractivity contribution in [2.75, 3.05) is 6.61 Å². The highest BCUT2D eigenvalue weighted by Crippen LogP contribution is 2.70.